The molecule has 0 aromatic rings. The van der Waals surface area contributed by atoms with Gasteiger partial charge in [0, 0.05) is 19.3 Å². The zero-order chi connectivity index (χ0) is 50.0. The highest BCUT2D eigenvalue weighted by Crippen LogP contribution is 2.11. The molecule has 6 heteroatoms. The van der Waals surface area contributed by atoms with E-state index in [4.69, 9.17) is 14.2 Å². The zero-order valence-corrected chi connectivity index (χ0v) is 43.0. The first-order valence-corrected chi connectivity index (χ1v) is 26.1. The van der Waals surface area contributed by atoms with E-state index in [9.17, 15) is 14.4 Å². The van der Waals surface area contributed by atoms with Crippen molar-refractivity contribution in [3.63, 3.8) is 0 Å². The van der Waals surface area contributed by atoms with Gasteiger partial charge < -0.3 is 14.2 Å². The maximum absolute atomic E-state index is 12.8. The van der Waals surface area contributed by atoms with Gasteiger partial charge in [0.1, 0.15) is 13.2 Å². The number of hydrogen-bond donors (Lipinski definition) is 0. The van der Waals surface area contributed by atoms with Crippen molar-refractivity contribution in [1.29, 1.82) is 0 Å². The Morgan fingerprint density at radius 1 is 0.304 bits per heavy atom. The van der Waals surface area contributed by atoms with Crippen molar-refractivity contribution in [1.82, 2.24) is 0 Å². The zero-order valence-electron chi connectivity index (χ0n) is 43.0. The van der Waals surface area contributed by atoms with Crippen LogP contribution in [0.1, 0.15) is 162 Å². The second-order valence-corrected chi connectivity index (χ2v) is 16.2. The second-order valence-electron chi connectivity index (χ2n) is 16.2. The molecule has 0 fully saturated rings. The van der Waals surface area contributed by atoms with Crippen molar-refractivity contribution in [3.05, 3.63) is 194 Å². The summed E-state index contributed by atoms with van der Waals surface area (Å²) in [5.41, 5.74) is 0. The Balaban J connectivity index is 4.69. The van der Waals surface area contributed by atoms with Crippen molar-refractivity contribution in [2.24, 2.45) is 0 Å². The number of unbranched alkanes of at least 4 members (excludes halogenated alkanes) is 9. The summed E-state index contributed by atoms with van der Waals surface area (Å²) >= 11 is 0. The molecule has 0 rings (SSSR count). The van der Waals surface area contributed by atoms with E-state index in [0.717, 1.165) is 109 Å². The minimum absolute atomic E-state index is 0.140. The Bertz CT molecular complexity index is 1750. The number of rotatable bonds is 43. The third kappa shape index (κ3) is 53.1. The highest BCUT2D eigenvalue weighted by atomic mass is 16.6. The Morgan fingerprint density at radius 3 is 1.03 bits per heavy atom. The van der Waals surface area contributed by atoms with Gasteiger partial charge in [0.25, 0.3) is 0 Å². The minimum Gasteiger partial charge on any atom is -0.462 e. The van der Waals surface area contributed by atoms with Crippen LogP contribution < -0.4 is 0 Å². The molecule has 0 aromatic heterocycles. The van der Waals surface area contributed by atoms with Crippen LogP contribution in [0.3, 0.4) is 0 Å². The summed E-state index contributed by atoms with van der Waals surface area (Å²) in [6.45, 7) is 6.09. The van der Waals surface area contributed by atoms with Crippen molar-refractivity contribution in [2.45, 2.75) is 168 Å². The van der Waals surface area contributed by atoms with Gasteiger partial charge in [-0.05, 0) is 96.3 Å². The Labute approximate surface area is 420 Å². The van der Waals surface area contributed by atoms with Gasteiger partial charge >= 0.3 is 17.9 Å². The van der Waals surface area contributed by atoms with Crippen LogP contribution in [0.5, 0.6) is 0 Å². The lowest BCUT2D eigenvalue weighted by molar-refractivity contribution is -0.167. The molecule has 1 unspecified atom stereocenters. The first kappa shape index (κ1) is 63.2. The molecule has 0 aliphatic rings. The largest absolute Gasteiger partial charge is 0.462 e. The fraction of sp³-hybridized carbons (Fsp3) is 0.444. The maximum atomic E-state index is 12.8. The van der Waals surface area contributed by atoms with Gasteiger partial charge in [0.2, 0.25) is 0 Å². The van der Waals surface area contributed by atoms with Crippen LogP contribution in [0.15, 0.2) is 194 Å². The third-order valence-corrected chi connectivity index (χ3v) is 9.86. The molecule has 0 aliphatic heterocycles. The van der Waals surface area contributed by atoms with Crippen LogP contribution >= 0.6 is 0 Å². The summed E-state index contributed by atoms with van der Waals surface area (Å²) in [5.74, 6) is -1.09. The summed E-state index contributed by atoms with van der Waals surface area (Å²) in [6.07, 6.45) is 84.1. The first-order chi connectivity index (χ1) is 34.0. The molecular formula is C63H90O6. The summed E-state index contributed by atoms with van der Waals surface area (Å²) in [7, 11) is 0. The van der Waals surface area contributed by atoms with E-state index >= 15 is 0 Å². The minimum atomic E-state index is -0.850. The van der Waals surface area contributed by atoms with Crippen LogP contribution in [0, 0.1) is 0 Å². The smallest absolute Gasteiger partial charge is 0.306 e. The van der Waals surface area contributed by atoms with E-state index < -0.39 is 12.1 Å². The Kier molecular flexibility index (Phi) is 50.3. The molecule has 6 nitrogen and oxygen atoms in total. The quantitative estimate of drug-likeness (QED) is 0.0199. The molecule has 0 radical (unpaired) electrons. The number of allylic oxidation sites excluding steroid dienone is 32. The molecule has 1 atom stereocenters. The first-order valence-electron chi connectivity index (χ1n) is 26.1. The molecule has 0 heterocycles. The Morgan fingerprint density at radius 2 is 0.609 bits per heavy atom. The standard InChI is InChI=1S/C63H90O6/c1-4-7-10-13-16-19-22-25-28-30-31-33-35-38-41-44-47-50-53-56-62(65)68-59-60(58-67-61(64)55-52-49-46-43-40-37-34-27-24-21-18-15-12-9-6-3)69-63(66)57-54-51-48-45-42-39-36-32-29-26-23-20-17-14-11-8-5-2/h7-13,15-22,24-31,33-36,38-39,41,45,48,60H,4-6,14,23,32,37,40,42-44,46-47,49-59H2,1-3H3/b10-7-,11-8-,12-9-,16-13-,18-15-,20-17-,22-19-,24-21-,28-25-,29-26-,31-30+,34-27-,35-33-,39-36-,41-38-,48-45-. The van der Waals surface area contributed by atoms with Crippen molar-refractivity contribution < 1.29 is 28.6 Å². The van der Waals surface area contributed by atoms with E-state index in [2.05, 4.69) is 118 Å². The molecule has 0 spiro atoms. The van der Waals surface area contributed by atoms with Gasteiger partial charge in [0.05, 0.1) is 0 Å². The molecule has 0 bridgehead atoms. The molecule has 69 heavy (non-hydrogen) atoms. The van der Waals surface area contributed by atoms with Crippen molar-refractivity contribution in [3.8, 4) is 0 Å². The molecular weight excluding hydrogens is 853 g/mol. The SMILES string of the molecule is CC\C=C/C=C\C=C/C=C\C=C\C=C/C=C\CCCCCC(=O)OCC(COC(=O)CCCCCCC\C=C/C=C\C=C/C=C\CC)OC(=O)CCC/C=C\C/C=C\C/C=C\C/C=C\C/C=C\CC. The monoisotopic (exact) mass is 943 g/mol. The van der Waals surface area contributed by atoms with Crippen LogP contribution in [0.4, 0.5) is 0 Å². The van der Waals surface area contributed by atoms with Gasteiger partial charge in [-0.3, -0.25) is 14.4 Å². The molecule has 378 valence electrons. The van der Waals surface area contributed by atoms with Crippen molar-refractivity contribution >= 4 is 17.9 Å². The molecule has 0 aliphatic carbocycles. The lowest BCUT2D eigenvalue weighted by atomic mass is 10.1. The predicted molar refractivity (Wildman–Crippen MR) is 297 cm³/mol. The van der Waals surface area contributed by atoms with Crippen LogP contribution in [-0.2, 0) is 28.6 Å². The maximum Gasteiger partial charge on any atom is 0.306 e. The highest BCUT2D eigenvalue weighted by Gasteiger charge is 2.19. The third-order valence-electron chi connectivity index (χ3n) is 9.86. The number of hydrogen-bond acceptors (Lipinski definition) is 6. The van der Waals surface area contributed by atoms with Crippen LogP contribution in [-0.4, -0.2) is 37.2 Å². The summed E-state index contributed by atoms with van der Waals surface area (Å²) in [4.78, 5) is 38.0. The van der Waals surface area contributed by atoms with Gasteiger partial charge in [-0.25, -0.2) is 0 Å². The lowest BCUT2D eigenvalue weighted by Crippen LogP contribution is -2.30. The molecule has 0 saturated carbocycles. The van der Waals surface area contributed by atoms with Crippen molar-refractivity contribution in [2.75, 3.05) is 13.2 Å². The Hall–Kier alpha value is -5.75. The molecule has 0 N–H and O–H groups in total. The number of carbonyl (C=O) groups is 3. The van der Waals surface area contributed by atoms with E-state index in [1.165, 1.54) is 0 Å². The predicted octanol–water partition coefficient (Wildman–Crippen LogP) is 17.5. The van der Waals surface area contributed by atoms with E-state index in [-0.39, 0.29) is 38.0 Å². The number of carbonyl (C=O) groups excluding carboxylic acids is 3. The van der Waals surface area contributed by atoms with Crippen LogP contribution in [0.25, 0.3) is 0 Å². The fourth-order valence-electron chi connectivity index (χ4n) is 6.06. The van der Waals surface area contributed by atoms with E-state index in [1.807, 2.05) is 97.2 Å². The normalized spacial score (nSPS) is 13.7. The van der Waals surface area contributed by atoms with Gasteiger partial charge in [-0.2, -0.15) is 0 Å². The van der Waals surface area contributed by atoms with Gasteiger partial charge in [-0.1, -0.05) is 241 Å². The number of ether oxygens (including phenoxy) is 3. The van der Waals surface area contributed by atoms with Gasteiger partial charge in [-0.15, -0.1) is 0 Å². The van der Waals surface area contributed by atoms with E-state index in [0.29, 0.717) is 19.3 Å². The summed E-state index contributed by atoms with van der Waals surface area (Å²) in [5, 5.41) is 0. The molecule has 0 aromatic carbocycles. The summed E-state index contributed by atoms with van der Waals surface area (Å²) < 4.78 is 16.7. The van der Waals surface area contributed by atoms with Crippen LogP contribution in [0.2, 0.25) is 0 Å². The lowest BCUT2D eigenvalue weighted by Gasteiger charge is -2.18. The summed E-state index contributed by atoms with van der Waals surface area (Å²) in [6, 6.07) is 0. The fourth-order valence-corrected chi connectivity index (χ4v) is 6.06. The number of esters is 3. The second kappa shape index (κ2) is 54.9. The van der Waals surface area contributed by atoms with E-state index in [1.54, 1.807) is 0 Å². The van der Waals surface area contributed by atoms with Gasteiger partial charge in [0.15, 0.2) is 6.10 Å². The topological polar surface area (TPSA) is 78.9 Å². The molecule has 0 saturated heterocycles. The average Bonchev–Trinajstić information content (AvgIpc) is 3.35. The molecule has 0 amide bonds. The average molecular weight is 943 g/mol. The highest BCUT2D eigenvalue weighted by molar-refractivity contribution is 5.71.